The molecule has 0 spiro atoms. The van der Waals surface area contributed by atoms with E-state index >= 15 is 0 Å². The van der Waals surface area contributed by atoms with Crippen LogP contribution < -0.4 is 10.6 Å². The summed E-state index contributed by atoms with van der Waals surface area (Å²) in [5.74, 6) is 0.469. The molecule has 0 saturated heterocycles. The van der Waals surface area contributed by atoms with Gasteiger partial charge in [0.05, 0.1) is 11.5 Å². The Bertz CT molecular complexity index is 832. The normalized spacial score (nSPS) is 15.3. The highest BCUT2D eigenvalue weighted by atomic mass is 19.1. The third kappa shape index (κ3) is 4.81. The molecule has 0 amide bonds. The number of rotatable bonds is 7. The minimum absolute atomic E-state index is 0.0361. The summed E-state index contributed by atoms with van der Waals surface area (Å²) in [5, 5.41) is 17.3. The van der Waals surface area contributed by atoms with E-state index in [0.29, 0.717) is 19.0 Å². The third-order valence-electron chi connectivity index (χ3n) is 4.80. The molecule has 1 aliphatic carbocycles. The van der Waals surface area contributed by atoms with Gasteiger partial charge in [-0.1, -0.05) is 24.3 Å². The number of nitrogens with zero attached hydrogens (tertiary/aromatic N) is 2. The van der Waals surface area contributed by atoms with Gasteiger partial charge in [0.1, 0.15) is 5.82 Å². The van der Waals surface area contributed by atoms with E-state index in [2.05, 4.69) is 15.6 Å². The number of benzene rings is 2. The molecule has 0 radical (unpaired) electrons. The monoisotopic (exact) mass is 370 g/mol. The number of non-ortho nitro benzene ring substituents is 1. The molecule has 2 N–H and O–H groups in total. The Morgan fingerprint density at radius 3 is 2.56 bits per heavy atom. The van der Waals surface area contributed by atoms with Gasteiger partial charge in [0.15, 0.2) is 5.96 Å². The topological polar surface area (TPSA) is 79.6 Å². The van der Waals surface area contributed by atoms with Crippen molar-refractivity contribution < 1.29 is 9.31 Å². The zero-order valence-corrected chi connectivity index (χ0v) is 15.2. The molecule has 1 aliphatic rings. The van der Waals surface area contributed by atoms with E-state index in [4.69, 9.17) is 0 Å². The molecule has 2 aromatic carbocycles. The number of halogens is 1. The van der Waals surface area contributed by atoms with Crippen molar-refractivity contribution in [2.75, 3.05) is 13.1 Å². The van der Waals surface area contributed by atoms with Gasteiger partial charge in [0.2, 0.25) is 0 Å². The summed E-state index contributed by atoms with van der Waals surface area (Å²) in [7, 11) is 0. The van der Waals surface area contributed by atoms with Crippen LogP contribution >= 0.6 is 0 Å². The lowest BCUT2D eigenvalue weighted by atomic mass is 9.96. The Labute approximate surface area is 157 Å². The Morgan fingerprint density at radius 1 is 1.22 bits per heavy atom. The van der Waals surface area contributed by atoms with Crippen molar-refractivity contribution >= 4 is 11.6 Å². The van der Waals surface area contributed by atoms with E-state index in [1.165, 1.54) is 18.2 Å². The fraction of sp³-hybridized carbons (Fsp3) is 0.350. The highest BCUT2D eigenvalue weighted by Gasteiger charge is 2.44. The van der Waals surface area contributed by atoms with Crippen LogP contribution in [0.25, 0.3) is 0 Å². The predicted molar refractivity (Wildman–Crippen MR) is 103 cm³/mol. The van der Waals surface area contributed by atoms with E-state index in [1.807, 2.05) is 13.0 Å². The average molecular weight is 370 g/mol. The minimum Gasteiger partial charge on any atom is -0.357 e. The van der Waals surface area contributed by atoms with Crippen LogP contribution in [-0.2, 0) is 12.0 Å². The van der Waals surface area contributed by atoms with E-state index in [1.54, 1.807) is 24.3 Å². The molecule has 3 rings (SSSR count). The van der Waals surface area contributed by atoms with E-state index in [0.717, 1.165) is 30.5 Å². The van der Waals surface area contributed by atoms with Crippen LogP contribution in [0.4, 0.5) is 10.1 Å². The fourth-order valence-corrected chi connectivity index (χ4v) is 3.02. The SMILES string of the molecule is CCNC(=NCc1ccc([N+](=O)[O-])cc1)NCC1(c2cccc(F)c2)CC1. The zero-order chi connectivity index (χ0) is 19.3. The van der Waals surface area contributed by atoms with Crippen molar-refractivity contribution in [3.63, 3.8) is 0 Å². The van der Waals surface area contributed by atoms with E-state index < -0.39 is 4.92 Å². The molecule has 27 heavy (non-hydrogen) atoms. The van der Waals surface area contributed by atoms with Crippen LogP contribution in [0.15, 0.2) is 53.5 Å². The zero-order valence-electron chi connectivity index (χ0n) is 15.2. The Balaban J connectivity index is 1.63. The molecule has 142 valence electrons. The van der Waals surface area contributed by atoms with Gasteiger partial charge in [0, 0.05) is 30.6 Å². The molecular formula is C20H23FN4O2. The van der Waals surface area contributed by atoms with Crippen molar-refractivity contribution in [2.45, 2.75) is 31.7 Å². The molecule has 1 fully saturated rings. The quantitative estimate of drug-likeness (QED) is 0.338. The van der Waals surface area contributed by atoms with Gasteiger partial charge in [-0.15, -0.1) is 0 Å². The minimum atomic E-state index is -0.416. The van der Waals surface area contributed by atoms with Gasteiger partial charge < -0.3 is 10.6 Å². The highest BCUT2D eigenvalue weighted by molar-refractivity contribution is 5.80. The number of aliphatic imine (C=N–C) groups is 1. The smallest absolute Gasteiger partial charge is 0.269 e. The van der Waals surface area contributed by atoms with Crippen molar-refractivity contribution in [1.82, 2.24) is 10.6 Å². The number of nitro benzene ring substituents is 1. The van der Waals surface area contributed by atoms with Crippen LogP contribution in [0.1, 0.15) is 30.9 Å². The molecule has 0 aliphatic heterocycles. The standard InChI is InChI=1S/C20H23FN4O2/c1-2-22-19(23-13-15-6-8-18(9-7-15)25(26)27)24-14-20(10-11-20)16-4-3-5-17(21)12-16/h3-9,12H,2,10-11,13-14H2,1H3,(H2,22,23,24). The first kappa shape index (κ1) is 18.8. The van der Waals surface area contributed by atoms with Crippen molar-refractivity contribution in [3.05, 3.63) is 75.6 Å². The number of hydrogen-bond donors (Lipinski definition) is 2. The van der Waals surface area contributed by atoms with Crippen molar-refractivity contribution in [1.29, 1.82) is 0 Å². The van der Waals surface area contributed by atoms with Gasteiger partial charge in [-0.3, -0.25) is 10.1 Å². The molecule has 1 saturated carbocycles. The molecule has 6 nitrogen and oxygen atoms in total. The second-order valence-corrected chi connectivity index (χ2v) is 6.76. The first-order valence-corrected chi connectivity index (χ1v) is 9.04. The Hall–Kier alpha value is -2.96. The number of nitro groups is 1. The molecule has 0 aromatic heterocycles. The molecule has 0 unspecified atom stereocenters. The predicted octanol–water partition coefficient (Wildman–Crippen LogP) is 3.52. The lowest BCUT2D eigenvalue weighted by molar-refractivity contribution is -0.384. The number of nitrogens with one attached hydrogen (secondary N) is 2. The van der Waals surface area contributed by atoms with Gasteiger partial charge in [-0.05, 0) is 43.0 Å². The number of guanidine groups is 1. The van der Waals surface area contributed by atoms with Crippen molar-refractivity contribution in [2.24, 2.45) is 4.99 Å². The summed E-state index contributed by atoms with van der Waals surface area (Å²) in [6, 6.07) is 13.2. The maximum atomic E-state index is 13.5. The maximum Gasteiger partial charge on any atom is 0.269 e. The molecule has 0 bridgehead atoms. The van der Waals surface area contributed by atoms with E-state index in [-0.39, 0.29) is 16.9 Å². The Kier molecular flexibility index (Phi) is 5.69. The van der Waals surface area contributed by atoms with Crippen LogP contribution in [0, 0.1) is 15.9 Å². The van der Waals surface area contributed by atoms with Crippen LogP contribution in [0.5, 0.6) is 0 Å². The number of hydrogen-bond acceptors (Lipinski definition) is 3. The van der Waals surface area contributed by atoms with Crippen molar-refractivity contribution in [3.8, 4) is 0 Å². The summed E-state index contributed by atoms with van der Waals surface area (Å²) >= 11 is 0. The van der Waals surface area contributed by atoms with Gasteiger partial charge in [-0.25, -0.2) is 9.38 Å². The lowest BCUT2D eigenvalue weighted by Gasteiger charge is -2.19. The highest BCUT2D eigenvalue weighted by Crippen LogP contribution is 2.47. The second-order valence-electron chi connectivity index (χ2n) is 6.76. The second kappa shape index (κ2) is 8.16. The summed E-state index contributed by atoms with van der Waals surface area (Å²) in [5.41, 5.74) is 1.94. The summed E-state index contributed by atoms with van der Waals surface area (Å²) in [6.45, 7) is 3.81. The first-order chi connectivity index (χ1) is 13.0. The third-order valence-corrected chi connectivity index (χ3v) is 4.80. The van der Waals surface area contributed by atoms with Gasteiger partial charge in [-0.2, -0.15) is 0 Å². The Morgan fingerprint density at radius 2 is 1.96 bits per heavy atom. The first-order valence-electron chi connectivity index (χ1n) is 9.04. The average Bonchev–Trinajstić information content (AvgIpc) is 3.45. The summed E-state index contributed by atoms with van der Waals surface area (Å²) < 4.78 is 13.5. The summed E-state index contributed by atoms with van der Waals surface area (Å²) in [6.07, 6.45) is 2.04. The lowest BCUT2D eigenvalue weighted by Crippen LogP contribution is -2.41. The molecule has 0 atom stereocenters. The van der Waals surface area contributed by atoms with Gasteiger partial charge in [0.25, 0.3) is 5.69 Å². The fourth-order valence-electron chi connectivity index (χ4n) is 3.02. The molecule has 0 heterocycles. The van der Waals surface area contributed by atoms with E-state index in [9.17, 15) is 14.5 Å². The molecule has 2 aromatic rings. The van der Waals surface area contributed by atoms with Crippen LogP contribution in [0.3, 0.4) is 0 Å². The largest absolute Gasteiger partial charge is 0.357 e. The summed E-state index contributed by atoms with van der Waals surface area (Å²) in [4.78, 5) is 14.9. The molecule has 7 heteroatoms. The van der Waals surface area contributed by atoms with Gasteiger partial charge >= 0.3 is 0 Å². The van der Waals surface area contributed by atoms with Crippen LogP contribution in [-0.4, -0.2) is 24.0 Å². The van der Waals surface area contributed by atoms with Crippen LogP contribution in [0.2, 0.25) is 0 Å². The molecular weight excluding hydrogens is 347 g/mol. The maximum absolute atomic E-state index is 13.5.